The van der Waals surface area contributed by atoms with E-state index < -0.39 is 0 Å². The third-order valence-electron chi connectivity index (χ3n) is 3.56. The Kier molecular flexibility index (Phi) is 8.52. The zero-order valence-electron chi connectivity index (χ0n) is 12.5. The predicted molar refractivity (Wildman–Crippen MR) is 82.3 cm³/mol. The normalized spacial score (nSPS) is 12.6. The van der Waals surface area contributed by atoms with Crippen LogP contribution in [0.5, 0.6) is 0 Å². The zero-order chi connectivity index (χ0) is 13.9. The van der Waals surface area contributed by atoms with Crippen LogP contribution < -0.4 is 5.73 Å². The summed E-state index contributed by atoms with van der Waals surface area (Å²) in [5.41, 5.74) is 8.23. The molecule has 0 aliphatic rings. The first-order valence-corrected chi connectivity index (χ1v) is 7.64. The van der Waals surface area contributed by atoms with E-state index in [1.165, 1.54) is 43.2 Å². The summed E-state index contributed by atoms with van der Waals surface area (Å²) in [6.45, 7) is 6.71. The summed E-state index contributed by atoms with van der Waals surface area (Å²) in [5.74, 6) is 0.438. The molecule has 0 amide bonds. The molecule has 2 nitrogen and oxygen atoms in total. The van der Waals surface area contributed by atoms with Gasteiger partial charge in [0.2, 0.25) is 0 Å². The van der Waals surface area contributed by atoms with Crippen LogP contribution in [0.4, 0.5) is 0 Å². The van der Waals surface area contributed by atoms with E-state index in [-0.39, 0.29) is 0 Å². The van der Waals surface area contributed by atoms with E-state index in [4.69, 9.17) is 10.5 Å². The molecular weight excluding hydrogens is 234 g/mol. The van der Waals surface area contributed by atoms with Crippen molar-refractivity contribution in [3.8, 4) is 0 Å². The molecule has 0 aliphatic carbocycles. The Labute approximate surface area is 118 Å². The van der Waals surface area contributed by atoms with Crippen LogP contribution in [-0.4, -0.2) is 13.2 Å². The van der Waals surface area contributed by atoms with Gasteiger partial charge in [-0.1, -0.05) is 63.8 Å². The van der Waals surface area contributed by atoms with Crippen LogP contribution in [0.2, 0.25) is 0 Å². The van der Waals surface area contributed by atoms with Crippen molar-refractivity contribution in [3.05, 3.63) is 35.4 Å². The quantitative estimate of drug-likeness (QED) is 0.641. The monoisotopic (exact) mass is 263 g/mol. The van der Waals surface area contributed by atoms with E-state index in [0.29, 0.717) is 12.5 Å². The van der Waals surface area contributed by atoms with Gasteiger partial charge in [0.15, 0.2) is 0 Å². The van der Waals surface area contributed by atoms with Gasteiger partial charge in [-0.3, -0.25) is 0 Å². The van der Waals surface area contributed by atoms with Gasteiger partial charge >= 0.3 is 0 Å². The Hall–Kier alpha value is -0.860. The lowest BCUT2D eigenvalue weighted by molar-refractivity contribution is 0.116. The minimum absolute atomic E-state index is 0.438. The Morgan fingerprint density at radius 2 is 1.74 bits per heavy atom. The fourth-order valence-corrected chi connectivity index (χ4v) is 2.08. The van der Waals surface area contributed by atoms with Crippen molar-refractivity contribution in [2.75, 3.05) is 13.2 Å². The highest BCUT2D eigenvalue weighted by atomic mass is 16.5. The number of benzene rings is 1. The second-order valence-electron chi connectivity index (χ2n) is 5.35. The molecule has 1 aromatic carbocycles. The number of hydrogen-bond donors (Lipinski definition) is 1. The highest BCUT2D eigenvalue weighted by molar-refractivity contribution is 5.24. The smallest absolute Gasteiger partial charge is 0.0716 e. The van der Waals surface area contributed by atoms with Crippen molar-refractivity contribution < 1.29 is 4.74 Å². The average molecular weight is 263 g/mol. The maximum absolute atomic E-state index is 5.70. The van der Waals surface area contributed by atoms with Crippen molar-refractivity contribution in [2.24, 2.45) is 5.73 Å². The lowest BCUT2D eigenvalue weighted by Crippen LogP contribution is -2.08. The first kappa shape index (κ1) is 16.2. The van der Waals surface area contributed by atoms with Crippen molar-refractivity contribution in [1.82, 2.24) is 0 Å². The summed E-state index contributed by atoms with van der Waals surface area (Å²) < 4.78 is 5.70. The zero-order valence-corrected chi connectivity index (χ0v) is 12.5. The van der Waals surface area contributed by atoms with E-state index in [2.05, 4.69) is 38.1 Å². The molecule has 1 rings (SSSR count). The van der Waals surface area contributed by atoms with Crippen LogP contribution in [0.15, 0.2) is 24.3 Å². The van der Waals surface area contributed by atoms with Gasteiger partial charge in [-0.2, -0.15) is 0 Å². The molecule has 0 bridgehead atoms. The minimum Gasteiger partial charge on any atom is -0.377 e. The minimum atomic E-state index is 0.438. The Balaban J connectivity index is 2.16. The highest BCUT2D eigenvalue weighted by Crippen LogP contribution is 2.15. The molecule has 0 saturated carbocycles. The van der Waals surface area contributed by atoms with E-state index in [0.717, 1.165) is 13.2 Å². The Morgan fingerprint density at radius 1 is 1.05 bits per heavy atom. The SMILES string of the molecule is CCCCCCCOCc1ccc(C(C)CN)cc1. The summed E-state index contributed by atoms with van der Waals surface area (Å²) in [5, 5.41) is 0. The summed E-state index contributed by atoms with van der Waals surface area (Å²) in [7, 11) is 0. The second kappa shape index (κ2) is 9.99. The molecule has 2 N–H and O–H groups in total. The van der Waals surface area contributed by atoms with Crippen molar-refractivity contribution in [3.63, 3.8) is 0 Å². The molecule has 0 spiro atoms. The molecule has 0 aromatic heterocycles. The van der Waals surface area contributed by atoms with Crippen molar-refractivity contribution in [2.45, 2.75) is 58.5 Å². The van der Waals surface area contributed by atoms with Crippen molar-refractivity contribution in [1.29, 1.82) is 0 Å². The number of rotatable bonds is 10. The fraction of sp³-hybridized carbons (Fsp3) is 0.647. The average Bonchev–Trinajstić information content (AvgIpc) is 2.46. The highest BCUT2D eigenvalue weighted by Gasteiger charge is 2.02. The summed E-state index contributed by atoms with van der Waals surface area (Å²) in [4.78, 5) is 0. The van der Waals surface area contributed by atoms with Crippen LogP contribution in [0.25, 0.3) is 0 Å². The van der Waals surface area contributed by atoms with Gasteiger partial charge in [0.05, 0.1) is 6.61 Å². The molecule has 0 radical (unpaired) electrons. The molecule has 1 unspecified atom stereocenters. The Morgan fingerprint density at radius 3 is 2.37 bits per heavy atom. The lowest BCUT2D eigenvalue weighted by Gasteiger charge is -2.10. The van der Waals surface area contributed by atoms with Gasteiger partial charge in [0.25, 0.3) is 0 Å². The van der Waals surface area contributed by atoms with E-state index in [9.17, 15) is 0 Å². The number of ether oxygens (including phenoxy) is 1. The van der Waals surface area contributed by atoms with Gasteiger partial charge in [0.1, 0.15) is 0 Å². The van der Waals surface area contributed by atoms with Gasteiger partial charge in [-0.05, 0) is 30.0 Å². The first-order valence-electron chi connectivity index (χ1n) is 7.64. The Bertz CT molecular complexity index is 321. The molecule has 1 atom stereocenters. The summed E-state index contributed by atoms with van der Waals surface area (Å²) in [6.07, 6.45) is 6.46. The molecule has 0 fully saturated rings. The van der Waals surface area contributed by atoms with Crippen LogP contribution >= 0.6 is 0 Å². The second-order valence-corrected chi connectivity index (χ2v) is 5.35. The molecule has 19 heavy (non-hydrogen) atoms. The predicted octanol–water partition coefficient (Wildman–Crippen LogP) is 4.24. The molecule has 1 aromatic rings. The maximum Gasteiger partial charge on any atom is 0.0716 e. The largest absolute Gasteiger partial charge is 0.377 e. The third-order valence-corrected chi connectivity index (χ3v) is 3.56. The summed E-state index contributed by atoms with van der Waals surface area (Å²) in [6, 6.07) is 8.63. The van der Waals surface area contributed by atoms with E-state index in [1.54, 1.807) is 0 Å². The fourth-order valence-electron chi connectivity index (χ4n) is 2.08. The standard InChI is InChI=1S/C17H29NO/c1-3-4-5-6-7-12-19-14-16-8-10-17(11-9-16)15(2)13-18/h8-11,15H,3-7,12-14,18H2,1-2H3. The van der Waals surface area contributed by atoms with Gasteiger partial charge in [0, 0.05) is 6.61 Å². The molecular formula is C17H29NO. The molecule has 0 heterocycles. The van der Waals surface area contributed by atoms with Crippen LogP contribution in [0.1, 0.15) is 63.0 Å². The molecule has 0 aliphatic heterocycles. The van der Waals surface area contributed by atoms with Gasteiger partial charge < -0.3 is 10.5 Å². The lowest BCUT2D eigenvalue weighted by atomic mass is 10.0. The third kappa shape index (κ3) is 6.74. The number of nitrogens with two attached hydrogens (primary N) is 1. The maximum atomic E-state index is 5.70. The number of unbranched alkanes of at least 4 members (excludes halogenated alkanes) is 4. The van der Waals surface area contributed by atoms with Crippen molar-refractivity contribution >= 4 is 0 Å². The molecule has 0 saturated heterocycles. The van der Waals surface area contributed by atoms with E-state index >= 15 is 0 Å². The topological polar surface area (TPSA) is 35.2 Å². The van der Waals surface area contributed by atoms with Crippen LogP contribution in [0.3, 0.4) is 0 Å². The molecule has 2 heteroatoms. The molecule has 108 valence electrons. The van der Waals surface area contributed by atoms with E-state index in [1.807, 2.05) is 0 Å². The number of hydrogen-bond acceptors (Lipinski definition) is 2. The van der Waals surface area contributed by atoms with Gasteiger partial charge in [-0.25, -0.2) is 0 Å². The summed E-state index contributed by atoms with van der Waals surface area (Å²) >= 11 is 0. The van der Waals surface area contributed by atoms with Gasteiger partial charge in [-0.15, -0.1) is 0 Å². The van der Waals surface area contributed by atoms with Crippen LogP contribution in [-0.2, 0) is 11.3 Å². The first-order chi connectivity index (χ1) is 9.27. The van der Waals surface area contributed by atoms with Crippen LogP contribution in [0, 0.1) is 0 Å².